The lowest BCUT2D eigenvalue weighted by molar-refractivity contribution is 0.0526. The molecule has 3 aromatic rings. The summed E-state index contributed by atoms with van der Waals surface area (Å²) in [5.74, 6) is 1.05. The molecule has 9 nitrogen and oxygen atoms in total. The number of benzene rings is 2. The van der Waals surface area contributed by atoms with Crippen molar-refractivity contribution in [2.24, 2.45) is 4.99 Å². The molecule has 0 spiro atoms. The minimum atomic E-state index is -0.693. The van der Waals surface area contributed by atoms with Crippen LogP contribution in [0.3, 0.4) is 0 Å². The highest BCUT2D eigenvalue weighted by Gasteiger charge is 2.15. The summed E-state index contributed by atoms with van der Waals surface area (Å²) < 4.78 is 17.4. The molecule has 3 rings (SSSR count). The molecule has 0 atom stereocenters. The number of amides is 1. The van der Waals surface area contributed by atoms with Gasteiger partial charge in [-0.3, -0.25) is 5.32 Å². The van der Waals surface area contributed by atoms with Crippen molar-refractivity contribution >= 4 is 23.7 Å². The zero-order valence-electron chi connectivity index (χ0n) is 19.9. The van der Waals surface area contributed by atoms with Crippen LogP contribution in [0, 0.1) is 20.8 Å². The van der Waals surface area contributed by atoms with Crippen LogP contribution in [-0.2, 0) is 9.47 Å². The maximum Gasteiger partial charge on any atom is 0.414 e. The van der Waals surface area contributed by atoms with Crippen LogP contribution in [0.15, 0.2) is 53.8 Å². The second-order valence-electron chi connectivity index (χ2n) is 7.45. The molecule has 0 saturated heterocycles. The Hall–Kier alpha value is -4.14. The molecule has 1 heterocycles. The number of para-hydroxylation sites is 1. The van der Waals surface area contributed by atoms with Crippen molar-refractivity contribution in [2.45, 2.75) is 34.6 Å². The van der Waals surface area contributed by atoms with E-state index in [9.17, 15) is 9.59 Å². The molecule has 9 heteroatoms. The Balaban J connectivity index is 1.92. The van der Waals surface area contributed by atoms with Crippen LogP contribution < -0.4 is 10.1 Å². The van der Waals surface area contributed by atoms with Crippen LogP contribution in [-0.4, -0.2) is 41.0 Å². The average molecular weight is 465 g/mol. The van der Waals surface area contributed by atoms with Gasteiger partial charge in [0.2, 0.25) is 5.96 Å². The van der Waals surface area contributed by atoms with E-state index in [0.717, 1.165) is 22.4 Å². The van der Waals surface area contributed by atoms with Crippen molar-refractivity contribution in [3.63, 3.8) is 0 Å². The summed E-state index contributed by atoms with van der Waals surface area (Å²) in [6.45, 7) is 9.75. The van der Waals surface area contributed by atoms with E-state index in [4.69, 9.17) is 14.2 Å². The molecule has 1 aromatic heterocycles. The number of nitrogens with zero attached hydrogens (tertiary/aromatic N) is 3. The number of alkyl carbamates (subject to hydrolysis) is 1. The van der Waals surface area contributed by atoms with Crippen molar-refractivity contribution in [1.29, 1.82) is 0 Å². The summed E-state index contributed by atoms with van der Waals surface area (Å²) in [4.78, 5) is 28.6. The van der Waals surface area contributed by atoms with E-state index in [-0.39, 0.29) is 24.7 Å². The van der Waals surface area contributed by atoms with Crippen LogP contribution in [0.25, 0.3) is 0 Å². The Morgan fingerprint density at radius 1 is 1.00 bits per heavy atom. The number of carbonyl (C=O) groups excluding carboxylic acids is 2. The van der Waals surface area contributed by atoms with E-state index in [1.165, 1.54) is 17.1 Å². The SMILES string of the molecule is CCOC(=O)NC(=Nc1ccc(Oc2c(C)cccc2C)c(C)c1)n1cc(C(=O)OCC)cn1. The minimum Gasteiger partial charge on any atom is -0.462 e. The minimum absolute atomic E-state index is 0.0665. The standard InChI is InChI=1S/C25H28N4O5/c1-6-32-23(30)19-14-26-29(15-19)24(28-25(31)33-7-2)27-20-11-12-21(18(5)13-20)34-22-16(3)9-8-10-17(22)4/h8-15H,6-7H2,1-5H3,(H,27,28,31). The predicted octanol–water partition coefficient (Wildman–Crippen LogP) is 5.06. The molecular formula is C25H28N4O5. The lowest BCUT2D eigenvalue weighted by Gasteiger charge is -2.14. The monoisotopic (exact) mass is 464 g/mol. The summed E-state index contributed by atoms with van der Waals surface area (Å²) in [5.41, 5.74) is 3.71. The van der Waals surface area contributed by atoms with Gasteiger partial charge in [0, 0.05) is 6.20 Å². The third kappa shape index (κ3) is 6.00. The van der Waals surface area contributed by atoms with Gasteiger partial charge >= 0.3 is 12.1 Å². The Morgan fingerprint density at radius 2 is 1.71 bits per heavy atom. The van der Waals surface area contributed by atoms with E-state index < -0.39 is 12.1 Å². The molecule has 1 amide bonds. The first kappa shape index (κ1) is 24.5. The van der Waals surface area contributed by atoms with E-state index in [2.05, 4.69) is 15.4 Å². The van der Waals surface area contributed by atoms with Crippen molar-refractivity contribution in [2.75, 3.05) is 13.2 Å². The first-order valence-electron chi connectivity index (χ1n) is 10.9. The molecule has 1 N–H and O–H groups in total. The van der Waals surface area contributed by atoms with E-state index >= 15 is 0 Å². The molecule has 178 valence electrons. The highest BCUT2D eigenvalue weighted by atomic mass is 16.5. The number of aromatic nitrogens is 2. The molecule has 0 radical (unpaired) electrons. The summed E-state index contributed by atoms with van der Waals surface area (Å²) >= 11 is 0. The number of carbonyl (C=O) groups is 2. The molecule has 0 fully saturated rings. The Bertz CT molecular complexity index is 1200. The smallest absolute Gasteiger partial charge is 0.414 e. The van der Waals surface area contributed by atoms with Gasteiger partial charge < -0.3 is 14.2 Å². The number of nitrogens with one attached hydrogen (secondary N) is 1. The van der Waals surface area contributed by atoms with Gasteiger partial charge in [-0.15, -0.1) is 0 Å². The van der Waals surface area contributed by atoms with Crippen LogP contribution in [0.2, 0.25) is 0 Å². The Labute approximate surface area is 198 Å². The number of rotatable bonds is 6. The molecule has 0 aliphatic rings. The fourth-order valence-electron chi connectivity index (χ4n) is 3.16. The molecule has 0 aliphatic carbocycles. The first-order valence-corrected chi connectivity index (χ1v) is 10.9. The Kier molecular flexibility index (Phi) is 8.02. The van der Waals surface area contributed by atoms with Crippen molar-refractivity contribution in [1.82, 2.24) is 15.1 Å². The zero-order valence-corrected chi connectivity index (χ0v) is 19.9. The van der Waals surface area contributed by atoms with Gasteiger partial charge in [0.1, 0.15) is 11.5 Å². The molecule has 34 heavy (non-hydrogen) atoms. The average Bonchev–Trinajstić information content (AvgIpc) is 3.28. The number of esters is 1. The van der Waals surface area contributed by atoms with Crippen LogP contribution in [0.5, 0.6) is 11.5 Å². The lowest BCUT2D eigenvalue weighted by atomic mass is 10.1. The van der Waals surface area contributed by atoms with Gasteiger partial charge in [0.25, 0.3) is 0 Å². The summed E-state index contributed by atoms with van der Waals surface area (Å²) in [5, 5.41) is 6.70. The number of hydrogen-bond acceptors (Lipinski definition) is 7. The largest absolute Gasteiger partial charge is 0.462 e. The highest BCUT2D eigenvalue weighted by molar-refractivity contribution is 5.97. The van der Waals surface area contributed by atoms with Crippen molar-refractivity contribution in [3.8, 4) is 11.5 Å². The van der Waals surface area contributed by atoms with Crippen molar-refractivity contribution < 1.29 is 23.8 Å². The molecule has 0 bridgehead atoms. The van der Waals surface area contributed by atoms with Gasteiger partial charge in [-0.2, -0.15) is 5.10 Å². The van der Waals surface area contributed by atoms with Gasteiger partial charge in [-0.25, -0.2) is 19.3 Å². The van der Waals surface area contributed by atoms with E-state index in [1.807, 2.05) is 51.1 Å². The number of hydrogen-bond donors (Lipinski definition) is 1. The second kappa shape index (κ2) is 11.1. The van der Waals surface area contributed by atoms with Crippen molar-refractivity contribution in [3.05, 3.63) is 71.0 Å². The number of aliphatic imine (C=N–C) groups is 1. The predicted molar refractivity (Wildman–Crippen MR) is 128 cm³/mol. The highest BCUT2D eigenvalue weighted by Crippen LogP contribution is 2.32. The van der Waals surface area contributed by atoms with Crippen LogP contribution in [0.4, 0.5) is 10.5 Å². The van der Waals surface area contributed by atoms with Gasteiger partial charge in [0.15, 0.2) is 0 Å². The van der Waals surface area contributed by atoms with Crippen LogP contribution in [0.1, 0.15) is 40.9 Å². The van der Waals surface area contributed by atoms with E-state index in [0.29, 0.717) is 11.4 Å². The summed E-state index contributed by atoms with van der Waals surface area (Å²) in [6, 6.07) is 11.4. The van der Waals surface area contributed by atoms with Gasteiger partial charge in [0.05, 0.1) is 30.7 Å². The fraction of sp³-hybridized carbons (Fsp3) is 0.280. The Morgan fingerprint density at radius 3 is 2.35 bits per heavy atom. The van der Waals surface area contributed by atoms with E-state index in [1.54, 1.807) is 19.9 Å². The third-order valence-electron chi connectivity index (χ3n) is 4.81. The molecule has 2 aromatic carbocycles. The normalized spacial score (nSPS) is 11.1. The third-order valence-corrected chi connectivity index (χ3v) is 4.81. The topological polar surface area (TPSA) is 104 Å². The molecule has 0 aliphatic heterocycles. The van der Waals surface area contributed by atoms with Gasteiger partial charge in [-0.1, -0.05) is 18.2 Å². The zero-order chi connectivity index (χ0) is 24.7. The summed E-state index contributed by atoms with van der Waals surface area (Å²) in [6.07, 6.45) is 2.07. The van der Waals surface area contributed by atoms with Crippen LogP contribution >= 0.6 is 0 Å². The molecular weight excluding hydrogens is 436 g/mol. The number of aryl methyl sites for hydroxylation is 3. The fourth-order valence-corrected chi connectivity index (χ4v) is 3.16. The quantitative estimate of drug-likeness (QED) is 0.311. The molecule has 0 saturated carbocycles. The summed E-state index contributed by atoms with van der Waals surface area (Å²) in [7, 11) is 0. The first-order chi connectivity index (χ1) is 16.3. The maximum absolute atomic E-state index is 12.1. The maximum atomic E-state index is 12.1. The number of ether oxygens (including phenoxy) is 3. The lowest BCUT2D eigenvalue weighted by Crippen LogP contribution is -2.36. The van der Waals surface area contributed by atoms with Gasteiger partial charge in [-0.05, 0) is 69.5 Å². The second-order valence-corrected chi connectivity index (χ2v) is 7.45. The molecule has 0 unspecified atom stereocenters.